The SMILES string of the molecule is N#CC1=CC=CC(C#N)[P+]1(c1ccccc1)c1ccccc1. The maximum atomic E-state index is 9.75. The van der Waals surface area contributed by atoms with Gasteiger partial charge in [-0.15, -0.1) is 0 Å². The molecule has 0 bridgehead atoms. The van der Waals surface area contributed by atoms with Crippen molar-refractivity contribution in [3.8, 4) is 12.1 Å². The van der Waals surface area contributed by atoms with Gasteiger partial charge in [-0.25, -0.2) is 0 Å². The van der Waals surface area contributed by atoms with Gasteiger partial charge in [0.15, 0.2) is 11.0 Å². The number of nitriles is 2. The molecule has 1 aliphatic heterocycles. The molecule has 22 heavy (non-hydrogen) atoms. The highest BCUT2D eigenvalue weighted by molar-refractivity contribution is 7.94. The molecule has 0 saturated carbocycles. The van der Waals surface area contributed by atoms with Gasteiger partial charge in [-0.3, -0.25) is 0 Å². The smallest absolute Gasteiger partial charge is 0.187 e. The Labute approximate surface area is 131 Å². The maximum Gasteiger partial charge on any atom is 0.187 e. The normalized spacial score (nSPS) is 18.8. The minimum atomic E-state index is -2.26. The van der Waals surface area contributed by atoms with Crippen molar-refractivity contribution in [2.75, 3.05) is 0 Å². The lowest BCUT2D eigenvalue weighted by Crippen LogP contribution is -2.32. The van der Waals surface area contributed by atoms with E-state index in [1.54, 1.807) is 0 Å². The average Bonchev–Trinajstić information content (AvgIpc) is 2.62. The lowest BCUT2D eigenvalue weighted by atomic mass is 10.3. The summed E-state index contributed by atoms with van der Waals surface area (Å²) in [5, 5.41) is 22.3. The van der Waals surface area contributed by atoms with Crippen LogP contribution in [0.25, 0.3) is 0 Å². The van der Waals surface area contributed by atoms with E-state index in [4.69, 9.17) is 0 Å². The van der Waals surface area contributed by atoms with E-state index in [1.807, 2.05) is 78.9 Å². The summed E-state index contributed by atoms with van der Waals surface area (Å²) in [6.45, 7) is 0. The summed E-state index contributed by atoms with van der Waals surface area (Å²) in [6.07, 6.45) is 5.62. The molecular formula is C19H14N2P+. The second-order valence-corrected chi connectivity index (χ2v) is 8.53. The number of hydrogen-bond donors (Lipinski definition) is 0. The molecule has 3 heteroatoms. The van der Waals surface area contributed by atoms with Crippen LogP contribution in [0.3, 0.4) is 0 Å². The predicted molar refractivity (Wildman–Crippen MR) is 91.3 cm³/mol. The molecular weight excluding hydrogens is 287 g/mol. The minimum Gasteiger partial charge on any atom is -0.193 e. The van der Waals surface area contributed by atoms with Crippen LogP contribution in [0.5, 0.6) is 0 Å². The molecule has 2 aromatic rings. The molecule has 0 radical (unpaired) electrons. The van der Waals surface area contributed by atoms with Gasteiger partial charge in [0.2, 0.25) is 0 Å². The molecule has 0 saturated heterocycles. The predicted octanol–water partition coefficient (Wildman–Crippen LogP) is 3.52. The minimum absolute atomic E-state index is 0.308. The molecule has 1 unspecified atom stereocenters. The van der Waals surface area contributed by atoms with E-state index in [-0.39, 0.29) is 5.66 Å². The molecule has 3 rings (SSSR count). The van der Waals surface area contributed by atoms with Crippen LogP contribution in [-0.2, 0) is 0 Å². The Morgan fingerprint density at radius 1 is 0.818 bits per heavy atom. The Morgan fingerprint density at radius 2 is 1.36 bits per heavy atom. The lowest BCUT2D eigenvalue weighted by molar-refractivity contribution is 1.33. The Hall–Kier alpha value is -2.67. The first-order chi connectivity index (χ1) is 10.8. The van der Waals surface area contributed by atoms with E-state index in [9.17, 15) is 10.5 Å². The van der Waals surface area contributed by atoms with Crippen LogP contribution in [-0.4, -0.2) is 5.66 Å². The van der Waals surface area contributed by atoms with Crippen LogP contribution < -0.4 is 10.6 Å². The first-order valence-corrected chi connectivity index (χ1v) is 8.88. The van der Waals surface area contributed by atoms with Gasteiger partial charge in [0.1, 0.15) is 30.0 Å². The quantitative estimate of drug-likeness (QED) is 0.797. The molecule has 2 aromatic carbocycles. The number of rotatable bonds is 2. The van der Waals surface area contributed by atoms with Gasteiger partial charge in [-0.05, 0) is 36.4 Å². The highest BCUT2D eigenvalue weighted by atomic mass is 31.2. The molecule has 0 aromatic heterocycles. The van der Waals surface area contributed by atoms with Gasteiger partial charge in [0.05, 0.1) is 0 Å². The Kier molecular flexibility index (Phi) is 3.88. The lowest BCUT2D eigenvalue weighted by Gasteiger charge is -2.30. The molecule has 0 N–H and O–H groups in total. The number of nitrogens with zero attached hydrogens (tertiary/aromatic N) is 2. The molecule has 0 aliphatic carbocycles. The number of hydrogen-bond acceptors (Lipinski definition) is 2. The first kappa shape index (κ1) is 14.3. The third-order valence-corrected chi connectivity index (χ3v) is 8.28. The van der Waals surface area contributed by atoms with Crippen LogP contribution in [0.1, 0.15) is 0 Å². The van der Waals surface area contributed by atoms with Crippen molar-refractivity contribution in [1.29, 1.82) is 10.5 Å². The topological polar surface area (TPSA) is 47.6 Å². The second-order valence-electron chi connectivity index (χ2n) is 5.02. The summed E-state index contributed by atoms with van der Waals surface area (Å²) in [4.78, 5) is 0. The molecule has 2 nitrogen and oxygen atoms in total. The van der Waals surface area contributed by atoms with Crippen molar-refractivity contribution >= 4 is 17.9 Å². The van der Waals surface area contributed by atoms with E-state index in [0.717, 1.165) is 10.6 Å². The van der Waals surface area contributed by atoms with Crippen molar-refractivity contribution in [3.63, 3.8) is 0 Å². The maximum absolute atomic E-state index is 9.75. The zero-order valence-corrected chi connectivity index (χ0v) is 12.8. The van der Waals surface area contributed by atoms with Crippen LogP contribution >= 0.6 is 7.26 Å². The fraction of sp³-hybridized carbons (Fsp3) is 0.0526. The fourth-order valence-electron chi connectivity index (χ4n) is 2.97. The van der Waals surface area contributed by atoms with Gasteiger partial charge in [0, 0.05) is 0 Å². The number of benzene rings is 2. The summed E-state index contributed by atoms with van der Waals surface area (Å²) in [6, 6.07) is 24.8. The zero-order valence-electron chi connectivity index (χ0n) is 11.9. The van der Waals surface area contributed by atoms with E-state index >= 15 is 0 Å². The molecule has 104 valence electrons. The molecule has 0 spiro atoms. The molecule has 0 amide bonds. The van der Waals surface area contributed by atoms with Gasteiger partial charge in [-0.2, -0.15) is 10.5 Å². The highest BCUT2D eigenvalue weighted by Crippen LogP contribution is 2.68. The molecule has 1 atom stereocenters. The Balaban J connectivity index is 2.38. The standard InChI is InChI=1S/C19H14N2P/c20-14-18-12-7-13-19(15-21)22(18,16-8-3-1-4-9-16)17-10-5-2-6-11-17/h1-13,18H/q+1. The summed E-state index contributed by atoms with van der Waals surface area (Å²) in [5.74, 6) is 0. The largest absolute Gasteiger partial charge is 0.193 e. The van der Waals surface area contributed by atoms with Gasteiger partial charge in [0.25, 0.3) is 0 Å². The Bertz CT molecular complexity index is 769. The average molecular weight is 301 g/mol. The van der Waals surface area contributed by atoms with Gasteiger partial charge < -0.3 is 0 Å². The van der Waals surface area contributed by atoms with Gasteiger partial charge >= 0.3 is 0 Å². The third kappa shape index (κ3) is 2.06. The van der Waals surface area contributed by atoms with E-state index < -0.39 is 7.26 Å². The van der Waals surface area contributed by atoms with Crippen molar-refractivity contribution in [2.24, 2.45) is 0 Å². The summed E-state index contributed by atoms with van der Waals surface area (Å²) < 4.78 is 0. The van der Waals surface area contributed by atoms with E-state index in [1.165, 1.54) is 0 Å². The number of allylic oxidation sites excluding steroid dienone is 4. The Morgan fingerprint density at radius 3 is 1.82 bits per heavy atom. The molecule has 1 heterocycles. The summed E-state index contributed by atoms with van der Waals surface area (Å²) >= 11 is 0. The van der Waals surface area contributed by atoms with E-state index in [0.29, 0.717) is 5.31 Å². The van der Waals surface area contributed by atoms with Crippen LogP contribution in [0.4, 0.5) is 0 Å². The van der Waals surface area contributed by atoms with E-state index in [2.05, 4.69) is 12.1 Å². The van der Waals surface area contributed by atoms with Crippen molar-refractivity contribution in [3.05, 3.63) is 84.2 Å². The monoisotopic (exact) mass is 301 g/mol. The van der Waals surface area contributed by atoms with Crippen LogP contribution in [0.2, 0.25) is 0 Å². The summed E-state index contributed by atoms with van der Waals surface area (Å²) in [5.41, 5.74) is -0.308. The van der Waals surface area contributed by atoms with Gasteiger partial charge in [-0.1, -0.05) is 42.5 Å². The fourth-order valence-corrected chi connectivity index (χ4v) is 7.06. The van der Waals surface area contributed by atoms with Crippen molar-refractivity contribution in [2.45, 2.75) is 5.66 Å². The summed E-state index contributed by atoms with van der Waals surface area (Å²) in [7, 11) is -2.26. The molecule has 0 fully saturated rings. The van der Waals surface area contributed by atoms with Crippen LogP contribution in [0, 0.1) is 22.7 Å². The van der Waals surface area contributed by atoms with Crippen LogP contribution in [0.15, 0.2) is 84.2 Å². The zero-order chi connectivity index (χ0) is 15.4. The molecule has 1 aliphatic rings. The third-order valence-electron chi connectivity index (χ3n) is 3.92. The van der Waals surface area contributed by atoms with Crippen molar-refractivity contribution < 1.29 is 0 Å². The van der Waals surface area contributed by atoms with Crippen molar-refractivity contribution in [1.82, 2.24) is 0 Å². The first-order valence-electron chi connectivity index (χ1n) is 7.02. The highest BCUT2D eigenvalue weighted by Gasteiger charge is 2.54. The second kappa shape index (κ2) is 5.98.